The number of hydrogen-bond acceptors (Lipinski definition) is 6. The molecule has 3 aromatic rings. The van der Waals surface area contributed by atoms with Gasteiger partial charge in [0, 0.05) is 12.4 Å². The molecule has 0 aromatic carbocycles. The minimum absolute atomic E-state index is 0.236. The predicted octanol–water partition coefficient (Wildman–Crippen LogP) is 3.51. The van der Waals surface area contributed by atoms with Crippen LogP contribution in [0.3, 0.4) is 0 Å². The van der Waals surface area contributed by atoms with Crippen molar-refractivity contribution in [1.29, 1.82) is 0 Å². The lowest BCUT2D eigenvalue weighted by Gasteiger charge is -2.07. The molecule has 3 heterocycles. The summed E-state index contributed by atoms with van der Waals surface area (Å²) in [5, 5.41) is 20.5. The molecule has 7 heteroatoms. The number of unbranched alkanes of at least 4 members (excludes halogenated alkanes) is 1. The number of thioether (sulfide) groups is 1. The van der Waals surface area contributed by atoms with Crippen molar-refractivity contribution in [3.8, 4) is 10.7 Å². The molecule has 5 nitrogen and oxygen atoms in total. The van der Waals surface area contributed by atoms with Crippen LogP contribution in [0.4, 0.5) is 0 Å². The van der Waals surface area contributed by atoms with E-state index in [1.54, 1.807) is 29.4 Å². The highest BCUT2D eigenvalue weighted by Gasteiger charge is 2.16. The van der Waals surface area contributed by atoms with Crippen LogP contribution >= 0.6 is 23.1 Å². The average Bonchev–Trinajstić information content (AvgIpc) is 3.26. The van der Waals surface area contributed by atoms with Crippen molar-refractivity contribution in [2.45, 2.75) is 24.5 Å². The van der Waals surface area contributed by atoms with Gasteiger partial charge in [0.2, 0.25) is 0 Å². The summed E-state index contributed by atoms with van der Waals surface area (Å²) in [4.78, 5) is 1.10. The summed E-state index contributed by atoms with van der Waals surface area (Å²) in [6.45, 7) is 0.857. The second-order valence-corrected chi connectivity index (χ2v) is 6.74. The van der Waals surface area contributed by atoms with Gasteiger partial charge in [-0.05, 0) is 36.4 Å². The highest BCUT2D eigenvalue weighted by Crippen LogP contribution is 2.28. The maximum Gasteiger partial charge on any atom is 0.191 e. The fourth-order valence-electron chi connectivity index (χ4n) is 2.06. The van der Waals surface area contributed by atoms with Gasteiger partial charge in [0.1, 0.15) is 5.76 Å². The van der Waals surface area contributed by atoms with Crippen LogP contribution in [0.2, 0.25) is 0 Å². The molecule has 0 bridgehead atoms. The van der Waals surface area contributed by atoms with Gasteiger partial charge in [-0.1, -0.05) is 17.8 Å². The number of rotatable bonds is 8. The number of aliphatic hydroxyl groups excluding tert-OH is 1. The topological polar surface area (TPSA) is 64.1 Å². The third-order valence-corrected chi connectivity index (χ3v) is 5.05. The SMILES string of the molecule is OCCCCSc1nnc(-c2cccs2)n1Cc1ccco1. The Hall–Kier alpha value is -1.57. The summed E-state index contributed by atoms with van der Waals surface area (Å²) in [5.41, 5.74) is 0. The third kappa shape index (κ3) is 3.60. The van der Waals surface area contributed by atoms with Gasteiger partial charge < -0.3 is 9.52 Å². The Balaban J connectivity index is 1.82. The van der Waals surface area contributed by atoms with E-state index in [2.05, 4.69) is 14.8 Å². The van der Waals surface area contributed by atoms with Crippen molar-refractivity contribution in [3.63, 3.8) is 0 Å². The van der Waals surface area contributed by atoms with Gasteiger partial charge in [-0.2, -0.15) is 0 Å². The number of aliphatic hydroxyl groups is 1. The van der Waals surface area contributed by atoms with E-state index in [-0.39, 0.29) is 6.61 Å². The van der Waals surface area contributed by atoms with Crippen LogP contribution in [0.1, 0.15) is 18.6 Å². The zero-order chi connectivity index (χ0) is 15.2. The smallest absolute Gasteiger partial charge is 0.191 e. The molecule has 0 aliphatic rings. The Labute approximate surface area is 137 Å². The molecule has 0 aliphatic heterocycles. The van der Waals surface area contributed by atoms with E-state index in [0.29, 0.717) is 6.54 Å². The lowest BCUT2D eigenvalue weighted by molar-refractivity contribution is 0.287. The summed E-state index contributed by atoms with van der Waals surface area (Å²) in [5.74, 6) is 2.67. The molecule has 0 spiro atoms. The molecule has 0 amide bonds. The van der Waals surface area contributed by atoms with Crippen molar-refractivity contribution < 1.29 is 9.52 Å². The first-order chi connectivity index (χ1) is 10.9. The van der Waals surface area contributed by atoms with Crippen LogP contribution in [-0.4, -0.2) is 32.2 Å². The fourth-order valence-corrected chi connectivity index (χ4v) is 3.72. The number of furan rings is 1. The normalized spacial score (nSPS) is 11.1. The zero-order valence-corrected chi connectivity index (χ0v) is 13.6. The minimum atomic E-state index is 0.236. The van der Waals surface area contributed by atoms with Crippen molar-refractivity contribution in [3.05, 3.63) is 41.7 Å². The number of aromatic nitrogens is 3. The quantitative estimate of drug-likeness (QED) is 0.504. The van der Waals surface area contributed by atoms with Crippen LogP contribution < -0.4 is 0 Å². The van der Waals surface area contributed by atoms with Crippen molar-refractivity contribution in [2.24, 2.45) is 0 Å². The molecule has 0 fully saturated rings. The predicted molar refractivity (Wildman–Crippen MR) is 88.2 cm³/mol. The first-order valence-corrected chi connectivity index (χ1v) is 8.98. The average molecular weight is 335 g/mol. The Morgan fingerprint density at radius 2 is 2.18 bits per heavy atom. The standard InChI is InChI=1S/C15H17N3O2S2/c19-7-1-2-9-22-15-17-16-14(13-6-4-10-21-13)18(15)11-12-5-3-8-20-12/h3-6,8,10,19H,1-2,7,9,11H2. The lowest BCUT2D eigenvalue weighted by atomic mass is 10.4. The lowest BCUT2D eigenvalue weighted by Crippen LogP contribution is -2.03. The van der Waals surface area contributed by atoms with Gasteiger partial charge >= 0.3 is 0 Å². The van der Waals surface area contributed by atoms with Crippen molar-refractivity contribution in [2.75, 3.05) is 12.4 Å². The summed E-state index contributed by atoms with van der Waals surface area (Å²) >= 11 is 3.32. The van der Waals surface area contributed by atoms with Crippen LogP contribution in [0.5, 0.6) is 0 Å². The van der Waals surface area contributed by atoms with Crippen LogP contribution in [0.15, 0.2) is 45.5 Å². The van der Waals surface area contributed by atoms with E-state index in [9.17, 15) is 0 Å². The van der Waals surface area contributed by atoms with E-state index in [1.165, 1.54) is 0 Å². The van der Waals surface area contributed by atoms with Gasteiger partial charge in [0.25, 0.3) is 0 Å². The van der Waals surface area contributed by atoms with Crippen LogP contribution in [-0.2, 0) is 6.54 Å². The fraction of sp³-hybridized carbons (Fsp3) is 0.333. The zero-order valence-electron chi connectivity index (χ0n) is 12.0. The summed E-state index contributed by atoms with van der Waals surface area (Å²) in [6, 6.07) is 7.91. The molecule has 0 atom stereocenters. The Kier molecular flexibility index (Phi) is 5.31. The second-order valence-electron chi connectivity index (χ2n) is 4.73. The van der Waals surface area contributed by atoms with E-state index in [1.807, 2.05) is 29.6 Å². The third-order valence-electron chi connectivity index (χ3n) is 3.14. The second kappa shape index (κ2) is 7.62. The van der Waals surface area contributed by atoms with E-state index >= 15 is 0 Å². The first-order valence-electron chi connectivity index (χ1n) is 7.11. The molecule has 116 valence electrons. The molecule has 3 rings (SSSR count). The van der Waals surface area contributed by atoms with Crippen LogP contribution in [0.25, 0.3) is 10.7 Å². The monoisotopic (exact) mass is 335 g/mol. The summed E-state index contributed by atoms with van der Waals surface area (Å²) in [7, 11) is 0. The molecule has 0 aliphatic carbocycles. The van der Waals surface area contributed by atoms with Gasteiger partial charge in [-0.15, -0.1) is 21.5 Å². The molecule has 0 radical (unpaired) electrons. The van der Waals surface area contributed by atoms with Crippen molar-refractivity contribution >= 4 is 23.1 Å². The minimum Gasteiger partial charge on any atom is -0.467 e. The van der Waals surface area contributed by atoms with E-state index in [4.69, 9.17) is 9.52 Å². The molecule has 3 aromatic heterocycles. The van der Waals surface area contributed by atoms with Gasteiger partial charge in [0.15, 0.2) is 11.0 Å². The largest absolute Gasteiger partial charge is 0.467 e. The maximum atomic E-state index is 8.86. The van der Waals surface area contributed by atoms with Gasteiger partial charge in [0.05, 0.1) is 17.7 Å². The molecular formula is C15H17N3O2S2. The molecule has 0 saturated heterocycles. The van der Waals surface area contributed by atoms with Gasteiger partial charge in [-0.25, -0.2) is 0 Å². The Morgan fingerprint density at radius 3 is 2.91 bits per heavy atom. The van der Waals surface area contributed by atoms with E-state index in [0.717, 1.165) is 40.2 Å². The highest BCUT2D eigenvalue weighted by molar-refractivity contribution is 7.99. The highest BCUT2D eigenvalue weighted by atomic mass is 32.2. The number of nitrogens with zero attached hydrogens (tertiary/aromatic N) is 3. The summed E-state index contributed by atoms with van der Waals surface area (Å²) in [6.07, 6.45) is 3.46. The maximum absolute atomic E-state index is 8.86. The van der Waals surface area contributed by atoms with Crippen molar-refractivity contribution in [1.82, 2.24) is 14.8 Å². The molecule has 0 unspecified atom stereocenters. The number of thiophene rings is 1. The number of hydrogen-bond donors (Lipinski definition) is 1. The summed E-state index contributed by atoms with van der Waals surface area (Å²) < 4.78 is 7.55. The van der Waals surface area contributed by atoms with Gasteiger partial charge in [-0.3, -0.25) is 4.57 Å². The molecule has 22 heavy (non-hydrogen) atoms. The first kappa shape index (κ1) is 15.3. The molecule has 1 N–H and O–H groups in total. The Morgan fingerprint density at radius 1 is 1.23 bits per heavy atom. The van der Waals surface area contributed by atoms with E-state index < -0.39 is 0 Å². The molecule has 0 saturated carbocycles. The molecular weight excluding hydrogens is 318 g/mol. The Bertz CT molecular complexity index is 678. The van der Waals surface area contributed by atoms with Crippen LogP contribution in [0, 0.1) is 0 Å².